The Morgan fingerprint density at radius 3 is 2.77 bits per heavy atom. The van der Waals surface area contributed by atoms with Gasteiger partial charge in [-0.2, -0.15) is 4.31 Å². The Hall–Kier alpha value is -1.11. The van der Waals surface area contributed by atoms with Crippen LogP contribution in [0.15, 0.2) is 24.3 Å². The summed E-state index contributed by atoms with van der Waals surface area (Å²) in [5.41, 5.74) is 6.91. The van der Waals surface area contributed by atoms with Crippen molar-refractivity contribution in [1.29, 1.82) is 0 Å². The lowest BCUT2D eigenvalue weighted by atomic mass is 9.93. The highest BCUT2D eigenvalue weighted by atomic mass is 32.2. The molecule has 0 radical (unpaired) electrons. The predicted molar refractivity (Wildman–Crippen MR) is 91.2 cm³/mol. The van der Waals surface area contributed by atoms with Crippen LogP contribution in [0.4, 0.5) is 5.69 Å². The smallest absolute Gasteiger partial charge is 0.218 e. The fourth-order valence-electron chi connectivity index (χ4n) is 3.03. The average Bonchev–Trinajstić information content (AvgIpc) is 2.44. The van der Waals surface area contributed by atoms with E-state index in [1.54, 1.807) is 4.31 Å². The number of nitrogens with two attached hydrogens (primary N) is 1. The topological polar surface area (TPSA) is 75.4 Å². The quantitative estimate of drug-likeness (QED) is 0.840. The van der Waals surface area contributed by atoms with Crippen LogP contribution in [0.1, 0.15) is 38.7 Å². The molecule has 6 heteroatoms. The minimum atomic E-state index is -3.30. The van der Waals surface area contributed by atoms with Gasteiger partial charge in [-0.3, -0.25) is 0 Å². The van der Waals surface area contributed by atoms with Gasteiger partial charge in [0.05, 0.1) is 5.75 Å². The molecule has 1 aromatic rings. The number of piperidine rings is 1. The molecule has 2 rings (SSSR count). The zero-order valence-electron chi connectivity index (χ0n) is 13.5. The summed E-state index contributed by atoms with van der Waals surface area (Å²) in [7, 11) is -3.30. The third-order valence-corrected chi connectivity index (χ3v) is 6.21. The number of hydrogen-bond acceptors (Lipinski definition) is 4. The molecule has 1 aliphatic rings. The number of benzene rings is 1. The Balaban J connectivity index is 2.14. The molecule has 5 nitrogen and oxygen atoms in total. The first-order valence-corrected chi connectivity index (χ1v) is 9.49. The summed E-state index contributed by atoms with van der Waals surface area (Å²) in [4.78, 5) is 0. The molecule has 0 aliphatic carbocycles. The Morgan fingerprint density at radius 2 is 2.09 bits per heavy atom. The fraction of sp³-hybridized carbons (Fsp3) is 0.625. The maximum absolute atomic E-state index is 12.8. The van der Waals surface area contributed by atoms with Crippen molar-refractivity contribution in [3.8, 4) is 0 Å². The maximum Gasteiger partial charge on any atom is 0.218 e. The molecule has 0 aromatic heterocycles. The van der Waals surface area contributed by atoms with Crippen LogP contribution in [-0.2, 0) is 15.8 Å². The molecule has 0 saturated carbocycles. The number of rotatable bonds is 6. The number of nitrogens with zero attached hydrogens (tertiary/aromatic N) is 1. The van der Waals surface area contributed by atoms with Crippen LogP contribution < -0.4 is 11.1 Å². The van der Waals surface area contributed by atoms with E-state index in [1.807, 2.05) is 38.1 Å². The highest BCUT2D eigenvalue weighted by Crippen LogP contribution is 2.31. The van der Waals surface area contributed by atoms with Gasteiger partial charge in [0.25, 0.3) is 0 Å². The lowest BCUT2D eigenvalue weighted by Gasteiger charge is -2.41. The summed E-state index contributed by atoms with van der Waals surface area (Å²) < 4.78 is 27.2. The Morgan fingerprint density at radius 1 is 1.32 bits per heavy atom. The highest BCUT2D eigenvalue weighted by Gasteiger charge is 2.37. The van der Waals surface area contributed by atoms with Gasteiger partial charge in [0, 0.05) is 30.9 Å². The normalized spacial score (nSPS) is 19.0. The van der Waals surface area contributed by atoms with E-state index in [2.05, 4.69) is 5.32 Å². The SMILES string of the molecule is CC1(C)CCCCN1S(=O)(=O)Cc1cccc(NCCN)c1. The molecule has 1 aromatic carbocycles. The van der Waals surface area contributed by atoms with Crippen molar-refractivity contribution in [1.82, 2.24) is 4.31 Å². The first-order valence-electron chi connectivity index (χ1n) is 7.88. The van der Waals surface area contributed by atoms with Gasteiger partial charge in [0.2, 0.25) is 10.0 Å². The standard InChI is InChI=1S/C16H27N3O2S/c1-16(2)8-3-4-11-19(16)22(20,21)13-14-6-5-7-15(12-14)18-10-9-17/h5-7,12,18H,3-4,8-11,13,17H2,1-2H3. The van der Waals surface area contributed by atoms with Gasteiger partial charge in [-0.25, -0.2) is 8.42 Å². The van der Waals surface area contributed by atoms with Crippen molar-refractivity contribution in [2.24, 2.45) is 5.73 Å². The second-order valence-corrected chi connectivity index (χ2v) is 8.41. The highest BCUT2D eigenvalue weighted by molar-refractivity contribution is 7.88. The molecule has 22 heavy (non-hydrogen) atoms. The van der Waals surface area contributed by atoms with E-state index in [1.165, 1.54) is 0 Å². The first kappa shape index (κ1) is 17.2. The third-order valence-electron chi connectivity index (χ3n) is 4.16. The zero-order chi connectivity index (χ0) is 16.2. The van der Waals surface area contributed by atoms with Crippen molar-refractivity contribution in [3.63, 3.8) is 0 Å². The van der Waals surface area contributed by atoms with Crippen molar-refractivity contribution >= 4 is 15.7 Å². The molecule has 0 spiro atoms. The summed E-state index contributed by atoms with van der Waals surface area (Å²) >= 11 is 0. The molecule has 0 bridgehead atoms. The minimum absolute atomic E-state index is 0.0502. The number of anilines is 1. The molecule has 1 saturated heterocycles. The van der Waals surface area contributed by atoms with Crippen LogP contribution in [0.2, 0.25) is 0 Å². The summed E-state index contributed by atoms with van der Waals surface area (Å²) in [5.74, 6) is 0.0502. The van der Waals surface area contributed by atoms with Crippen molar-refractivity contribution in [3.05, 3.63) is 29.8 Å². The largest absolute Gasteiger partial charge is 0.384 e. The zero-order valence-corrected chi connectivity index (χ0v) is 14.3. The van der Waals surface area contributed by atoms with Crippen molar-refractivity contribution < 1.29 is 8.42 Å². The summed E-state index contributed by atoms with van der Waals surface area (Å²) in [5, 5.41) is 3.18. The van der Waals surface area contributed by atoms with E-state index in [0.717, 1.165) is 30.5 Å². The lowest BCUT2D eigenvalue weighted by Crippen LogP contribution is -2.50. The van der Waals surface area contributed by atoms with E-state index >= 15 is 0 Å². The monoisotopic (exact) mass is 325 g/mol. The molecule has 1 fully saturated rings. The minimum Gasteiger partial charge on any atom is -0.384 e. The predicted octanol–water partition coefficient (Wildman–Crippen LogP) is 2.15. The van der Waals surface area contributed by atoms with Crippen LogP contribution in [0.5, 0.6) is 0 Å². The molecular formula is C16H27N3O2S. The van der Waals surface area contributed by atoms with Gasteiger partial charge in [0.1, 0.15) is 0 Å². The summed E-state index contributed by atoms with van der Waals surface area (Å²) in [6, 6.07) is 7.56. The van der Waals surface area contributed by atoms with Crippen LogP contribution in [-0.4, -0.2) is 37.9 Å². The second kappa shape index (κ2) is 6.98. The van der Waals surface area contributed by atoms with Crippen LogP contribution in [0, 0.1) is 0 Å². The first-order chi connectivity index (χ1) is 10.3. The van der Waals surface area contributed by atoms with Crippen molar-refractivity contribution in [2.45, 2.75) is 44.4 Å². The number of hydrogen-bond donors (Lipinski definition) is 2. The number of sulfonamides is 1. The van der Waals surface area contributed by atoms with Gasteiger partial charge in [-0.05, 0) is 44.4 Å². The molecule has 1 heterocycles. The van der Waals surface area contributed by atoms with Gasteiger partial charge in [-0.1, -0.05) is 18.6 Å². The Kier molecular flexibility index (Phi) is 5.47. The van der Waals surface area contributed by atoms with Crippen molar-refractivity contribution in [2.75, 3.05) is 25.0 Å². The fourth-order valence-corrected chi connectivity index (χ4v) is 5.04. The Bertz CT molecular complexity index is 599. The third kappa shape index (κ3) is 4.21. The maximum atomic E-state index is 12.8. The summed E-state index contributed by atoms with van der Waals surface area (Å²) in [6.07, 6.45) is 2.96. The summed E-state index contributed by atoms with van der Waals surface area (Å²) in [6.45, 7) is 5.88. The molecule has 0 unspecified atom stereocenters. The van der Waals surface area contributed by atoms with E-state index in [-0.39, 0.29) is 11.3 Å². The van der Waals surface area contributed by atoms with Gasteiger partial charge >= 0.3 is 0 Å². The molecule has 1 aliphatic heterocycles. The van der Waals surface area contributed by atoms with Crippen LogP contribution in [0.3, 0.4) is 0 Å². The number of nitrogens with one attached hydrogen (secondary N) is 1. The molecular weight excluding hydrogens is 298 g/mol. The molecule has 0 amide bonds. The van der Waals surface area contributed by atoms with E-state index in [4.69, 9.17) is 5.73 Å². The van der Waals surface area contributed by atoms with Crippen LogP contribution in [0.25, 0.3) is 0 Å². The van der Waals surface area contributed by atoms with Gasteiger partial charge in [-0.15, -0.1) is 0 Å². The second-order valence-electron chi connectivity index (χ2n) is 6.51. The molecule has 3 N–H and O–H groups in total. The lowest BCUT2D eigenvalue weighted by molar-refractivity contribution is 0.169. The van der Waals surface area contributed by atoms with Crippen LogP contribution >= 0.6 is 0 Å². The van der Waals surface area contributed by atoms with E-state index in [9.17, 15) is 8.42 Å². The van der Waals surface area contributed by atoms with Gasteiger partial charge in [0.15, 0.2) is 0 Å². The molecule has 124 valence electrons. The van der Waals surface area contributed by atoms with E-state index < -0.39 is 10.0 Å². The molecule has 0 atom stereocenters. The average molecular weight is 325 g/mol. The van der Waals surface area contributed by atoms with E-state index in [0.29, 0.717) is 19.6 Å². The van der Waals surface area contributed by atoms with Gasteiger partial charge < -0.3 is 11.1 Å². The Labute approximate surface area is 133 Å².